The maximum atomic E-state index is 14.7. The molecule has 7 nitrogen and oxygen atoms in total. The monoisotopic (exact) mass is 515 g/mol. The summed E-state index contributed by atoms with van der Waals surface area (Å²) in [5, 5.41) is 8.45. The number of carbonyl (C=O) groups is 1. The normalized spacial score (nSPS) is 12.9. The zero-order valence-corrected chi connectivity index (χ0v) is 18.8. The zero-order valence-electron chi connectivity index (χ0n) is 18.0. The Balaban J connectivity index is 2.18. The molecule has 1 amide bonds. The van der Waals surface area contributed by atoms with Gasteiger partial charge < -0.3 is 10.4 Å². The molecule has 0 spiro atoms. The number of rotatable bonds is 7. The lowest BCUT2D eigenvalue weighted by Crippen LogP contribution is -2.27. The quantitative estimate of drug-likeness (QED) is 0.467. The fraction of sp³-hybridized carbons (Fsp3) is 0.227. The van der Waals surface area contributed by atoms with Crippen LogP contribution in [-0.2, 0) is 16.0 Å². The number of aryl methyl sites for hydroxylation is 1. The van der Waals surface area contributed by atoms with Gasteiger partial charge in [0, 0.05) is 24.5 Å². The van der Waals surface area contributed by atoms with Crippen molar-refractivity contribution in [3.8, 4) is 0 Å². The number of alkyl halides is 3. The highest BCUT2D eigenvalue weighted by Gasteiger charge is 2.37. The van der Waals surface area contributed by atoms with Crippen molar-refractivity contribution < 1.29 is 40.3 Å². The molecule has 2 aromatic heterocycles. The molecule has 0 bridgehead atoms. The third-order valence-corrected chi connectivity index (χ3v) is 6.92. The SMILES string of the molecule is Cc1cc(C(=O)NCCO)ncc1C(c1cc(F)ccc1F)S(=O)(=O)c1ccc(C(F)(F)F)cn1. The highest BCUT2D eigenvalue weighted by atomic mass is 32.2. The Morgan fingerprint density at radius 1 is 1.06 bits per heavy atom. The third kappa shape index (κ3) is 5.62. The molecule has 0 saturated heterocycles. The second-order valence-corrected chi connectivity index (χ2v) is 9.36. The molecule has 186 valence electrons. The average Bonchev–Trinajstić information content (AvgIpc) is 2.80. The van der Waals surface area contributed by atoms with Gasteiger partial charge in [-0.25, -0.2) is 22.2 Å². The van der Waals surface area contributed by atoms with Gasteiger partial charge >= 0.3 is 6.18 Å². The summed E-state index contributed by atoms with van der Waals surface area (Å²) in [4.78, 5) is 19.4. The minimum Gasteiger partial charge on any atom is -0.395 e. The highest BCUT2D eigenvalue weighted by molar-refractivity contribution is 7.91. The van der Waals surface area contributed by atoms with E-state index < -0.39 is 55.0 Å². The molecule has 0 fully saturated rings. The summed E-state index contributed by atoms with van der Waals surface area (Å²) in [6.45, 7) is 1.01. The number of carbonyl (C=O) groups excluding carboxylic acids is 1. The van der Waals surface area contributed by atoms with E-state index in [1.54, 1.807) is 0 Å². The molecule has 0 radical (unpaired) electrons. The Kier molecular flexibility index (Phi) is 7.50. The second kappa shape index (κ2) is 10.0. The van der Waals surface area contributed by atoms with Crippen molar-refractivity contribution in [3.63, 3.8) is 0 Å². The largest absolute Gasteiger partial charge is 0.417 e. The van der Waals surface area contributed by atoms with Crippen molar-refractivity contribution >= 4 is 15.7 Å². The summed E-state index contributed by atoms with van der Waals surface area (Å²) >= 11 is 0. The summed E-state index contributed by atoms with van der Waals surface area (Å²) in [5.41, 5.74) is -1.94. The Morgan fingerprint density at radius 2 is 1.77 bits per heavy atom. The summed E-state index contributed by atoms with van der Waals surface area (Å²) in [6, 6.07) is 4.50. The van der Waals surface area contributed by atoms with Crippen LogP contribution in [0.2, 0.25) is 0 Å². The number of amides is 1. The number of pyridine rings is 2. The van der Waals surface area contributed by atoms with Crippen LogP contribution in [0.3, 0.4) is 0 Å². The summed E-state index contributed by atoms with van der Waals surface area (Å²) in [5.74, 6) is -2.71. The van der Waals surface area contributed by atoms with Crippen molar-refractivity contribution in [1.82, 2.24) is 15.3 Å². The smallest absolute Gasteiger partial charge is 0.395 e. The number of sulfone groups is 1. The standard InChI is InChI=1S/C22H18F5N3O4S/c1-12-8-18(21(32)28-6-7-31)29-11-16(12)20(15-9-14(23)3-4-17(15)24)35(33,34)19-5-2-13(10-30-19)22(25,26)27/h2-5,8-11,20,31H,6-7H2,1H3,(H,28,32). The molecule has 35 heavy (non-hydrogen) atoms. The number of benzene rings is 1. The molecule has 1 unspecified atom stereocenters. The van der Waals surface area contributed by atoms with Gasteiger partial charge in [0.15, 0.2) is 5.03 Å². The predicted octanol–water partition coefficient (Wildman–Crippen LogP) is 3.37. The van der Waals surface area contributed by atoms with Crippen LogP contribution in [0.25, 0.3) is 0 Å². The molecule has 1 atom stereocenters. The number of nitrogens with zero attached hydrogens (tertiary/aromatic N) is 2. The number of aliphatic hydroxyl groups excluding tert-OH is 1. The van der Waals surface area contributed by atoms with Crippen molar-refractivity contribution in [2.75, 3.05) is 13.2 Å². The Morgan fingerprint density at radius 3 is 2.34 bits per heavy atom. The van der Waals surface area contributed by atoms with E-state index in [0.717, 1.165) is 12.3 Å². The van der Waals surface area contributed by atoms with Gasteiger partial charge in [0.05, 0.1) is 12.2 Å². The first-order chi connectivity index (χ1) is 16.4. The van der Waals surface area contributed by atoms with Crippen molar-refractivity contribution in [3.05, 3.63) is 88.4 Å². The van der Waals surface area contributed by atoms with Gasteiger partial charge in [-0.05, 0) is 54.4 Å². The number of halogens is 5. The lowest BCUT2D eigenvalue weighted by molar-refractivity contribution is -0.137. The first-order valence-electron chi connectivity index (χ1n) is 9.94. The van der Waals surface area contributed by atoms with E-state index in [1.165, 1.54) is 13.0 Å². The Hall–Kier alpha value is -3.45. The number of hydrogen-bond acceptors (Lipinski definition) is 6. The molecule has 0 aliphatic rings. The molecule has 13 heteroatoms. The number of aromatic nitrogens is 2. The van der Waals surface area contributed by atoms with E-state index in [9.17, 15) is 35.2 Å². The first-order valence-corrected chi connectivity index (χ1v) is 11.5. The molecule has 0 aliphatic heterocycles. The second-order valence-electron chi connectivity index (χ2n) is 7.38. The van der Waals surface area contributed by atoms with Crippen LogP contribution in [0.1, 0.15) is 38.0 Å². The van der Waals surface area contributed by atoms with Crippen LogP contribution < -0.4 is 5.32 Å². The van der Waals surface area contributed by atoms with Crippen LogP contribution in [0.4, 0.5) is 22.0 Å². The molecule has 2 heterocycles. The third-order valence-electron chi connectivity index (χ3n) is 4.97. The van der Waals surface area contributed by atoms with Gasteiger partial charge in [0.1, 0.15) is 22.6 Å². The topological polar surface area (TPSA) is 109 Å². The maximum absolute atomic E-state index is 14.7. The number of nitrogens with one attached hydrogen (secondary N) is 1. The lowest BCUT2D eigenvalue weighted by atomic mass is 10.0. The Bertz CT molecular complexity index is 1350. The molecule has 3 aromatic rings. The number of hydrogen-bond donors (Lipinski definition) is 2. The van der Waals surface area contributed by atoms with E-state index in [1.807, 2.05) is 0 Å². The van der Waals surface area contributed by atoms with Gasteiger partial charge in [-0.3, -0.25) is 9.78 Å². The van der Waals surface area contributed by atoms with Crippen molar-refractivity contribution in [1.29, 1.82) is 0 Å². The van der Waals surface area contributed by atoms with Gasteiger partial charge in [-0.15, -0.1) is 0 Å². The minimum absolute atomic E-state index is 0.0631. The predicted molar refractivity (Wildman–Crippen MR) is 113 cm³/mol. The van der Waals surface area contributed by atoms with E-state index in [-0.39, 0.29) is 30.0 Å². The molecule has 0 saturated carbocycles. The van der Waals surface area contributed by atoms with E-state index in [4.69, 9.17) is 5.11 Å². The van der Waals surface area contributed by atoms with Crippen LogP contribution in [0.5, 0.6) is 0 Å². The molecule has 3 rings (SSSR count). The fourth-order valence-corrected chi connectivity index (χ4v) is 5.07. The van der Waals surface area contributed by atoms with Crippen LogP contribution in [0, 0.1) is 18.6 Å². The van der Waals surface area contributed by atoms with Crippen molar-refractivity contribution in [2.45, 2.75) is 23.4 Å². The number of aliphatic hydroxyl groups is 1. The van der Waals surface area contributed by atoms with Crippen LogP contribution in [-0.4, -0.2) is 42.6 Å². The van der Waals surface area contributed by atoms with Crippen LogP contribution in [0.15, 0.2) is 53.8 Å². The van der Waals surface area contributed by atoms with E-state index in [2.05, 4.69) is 15.3 Å². The maximum Gasteiger partial charge on any atom is 0.417 e. The average molecular weight is 515 g/mol. The fourth-order valence-electron chi connectivity index (χ4n) is 3.28. The Labute approximate surface area is 196 Å². The van der Waals surface area contributed by atoms with E-state index >= 15 is 0 Å². The molecule has 1 aromatic carbocycles. The van der Waals surface area contributed by atoms with Gasteiger partial charge in [-0.2, -0.15) is 13.2 Å². The summed E-state index contributed by atoms with van der Waals surface area (Å²) in [7, 11) is -4.74. The highest BCUT2D eigenvalue weighted by Crippen LogP contribution is 2.38. The summed E-state index contributed by atoms with van der Waals surface area (Å²) < 4.78 is 94.4. The van der Waals surface area contributed by atoms with Gasteiger partial charge in [-0.1, -0.05) is 0 Å². The first kappa shape index (κ1) is 26.2. The van der Waals surface area contributed by atoms with Gasteiger partial charge in [0.25, 0.3) is 5.91 Å². The van der Waals surface area contributed by atoms with Crippen LogP contribution >= 0.6 is 0 Å². The molecular formula is C22H18F5N3O4S. The van der Waals surface area contributed by atoms with E-state index in [0.29, 0.717) is 30.5 Å². The molecular weight excluding hydrogens is 497 g/mol. The molecule has 2 N–H and O–H groups in total. The zero-order chi connectivity index (χ0) is 26.0. The summed E-state index contributed by atoms with van der Waals surface area (Å²) in [6.07, 6.45) is -3.46. The molecule has 0 aliphatic carbocycles. The van der Waals surface area contributed by atoms with Gasteiger partial charge in [0.2, 0.25) is 9.84 Å². The lowest BCUT2D eigenvalue weighted by Gasteiger charge is -2.21. The van der Waals surface area contributed by atoms with Crippen molar-refractivity contribution in [2.24, 2.45) is 0 Å². The minimum atomic E-state index is -4.77.